The van der Waals surface area contributed by atoms with Crippen molar-refractivity contribution in [3.63, 3.8) is 0 Å². The van der Waals surface area contributed by atoms with Gasteiger partial charge in [0.2, 0.25) is 0 Å². The van der Waals surface area contributed by atoms with Crippen molar-refractivity contribution in [1.29, 1.82) is 0 Å². The summed E-state index contributed by atoms with van der Waals surface area (Å²) >= 11 is 1.60. The van der Waals surface area contributed by atoms with E-state index in [2.05, 4.69) is 6.92 Å². The van der Waals surface area contributed by atoms with Gasteiger partial charge in [-0.1, -0.05) is 19.4 Å². The van der Waals surface area contributed by atoms with Crippen LogP contribution in [0.25, 0.3) is 0 Å². The largest absolute Gasteiger partial charge is 0.294 e. The van der Waals surface area contributed by atoms with Crippen LogP contribution >= 0.6 is 11.8 Å². The minimum Gasteiger partial charge on any atom is -0.282 e. The zero-order chi connectivity index (χ0) is 11.3. The third-order valence-electron chi connectivity index (χ3n) is 1.87. The van der Waals surface area contributed by atoms with Crippen molar-refractivity contribution in [2.75, 3.05) is 5.75 Å². The molecule has 0 radical (unpaired) electrons. The second kappa shape index (κ2) is 5.53. The Morgan fingerprint density at radius 2 is 2.13 bits per heavy atom. The molecular weight excluding hydrogens is 232 g/mol. The van der Waals surface area contributed by atoms with Gasteiger partial charge in [0, 0.05) is 4.90 Å². The normalized spacial score (nSPS) is 11.6. The van der Waals surface area contributed by atoms with Gasteiger partial charge < -0.3 is 0 Å². The molecule has 0 amide bonds. The van der Waals surface area contributed by atoms with E-state index in [0.717, 1.165) is 23.5 Å². The molecule has 0 saturated heterocycles. The Bertz CT molecular complexity index is 412. The first-order chi connectivity index (χ1) is 7.04. The van der Waals surface area contributed by atoms with Crippen molar-refractivity contribution in [3.05, 3.63) is 24.3 Å². The molecule has 0 saturated carbocycles. The van der Waals surface area contributed by atoms with Crippen LogP contribution in [0.4, 0.5) is 0 Å². The number of hydrogen-bond donors (Lipinski definition) is 1. The van der Waals surface area contributed by atoms with Crippen LogP contribution in [-0.2, 0) is 10.1 Å². The molecule has 1 rings (SSSR count). The number of rotatable bonds is 5. The summed E-state index contributed by atoms with van der Waals surface area (Å²) in [6, 6.07) is 6.36. The zero-order valence-electron chi connectivity index (χ0n) is 8.51. The van der Waals surface area contributed by atoms with Crippen LogP contribution in [0.3, 0.4) is 0 Å². The van der Waals surface area contributed by atoms with Gasteiger partial charge in [-0.3, -0.25) is 4.55 Å². The van der Waals surface area contributed by atoms with E-state index in [1.165, 1.54) is 12.1 Å². The Hall–Kier alpha value is -0.520. The van der Waals surface area contributed by atoms with Crippen molar-refractivity contribution in [3.8, 4) is 0 Å². The summed E-state index contributed by atoms with van der Waals surface area (Å²) in [7, 11) is -4.07. The summed E-state index contributed by atoms with van der Waals surface area (Å²) in [4.78, 5) is 0.836. The Morgan fingerprint density at radius 1 is 1.40 bits per heavy atom. The van der Waals surface area contributed by atoms with Crippen LogP contribution in [0.1, 0.15) is 19.8 Å². The lowest BCUT2D eigenvalue weighted by atomic mass is 10.4. The Balaban J connectivity index is 2.75. The molecule has 0 atom stereocenters. The molecule has 0 aliphatic carbocycles. The second-order valence-electron chi connectivity index (χ2n) is 3.15. The smallest absolute Gasteiger partial charge is 0.282 e. The van der Waals surface area contributed by atoms with Crippen molar-refractivity contribution in [2.45, 2.75) is 29.6 Å². The lowest BCUT2D eigenvalue weighted by Gasteiger charge is -2.02. The van der Waals surface area contributed by atoms with Crippen LogP contribution < -0.4 is 0 Å². The SMILES string of the molecule is CCCCSc1cccc(S(=O)(=O)O)c1. The molecule has 84 valence electrons. The van der Waals surface area contributed by atoms with Crippen LogP contribution in [0.15, 0.2) is 34.1 Å². The van der Waals surface area contributed by atoms with E-state index in [-0.39, 0.29) is 4.90 Å². The Morgan fingerprint density at radius 3 is 2.73 bits per heavy atom. The first kappa shape index (κ1) is 12.5. The van der Waals surface area contributed by atoms with Gasteiger partial charge in [-0.25, -0.2) is 0 Å². The lowest BCUT2D eigenvalue weighted by molar-refractivity contribution is 0.483. The van der Waals surface area contributed by atoms with Gasteiger partial charge in [-0.2, -0.15) is 8.42 Å². The van der Waals surface area contributed by atoms with Gasteiger partial charge in [-0.05, 0) is 30.4 Å². The fourth-order valence-corrected chi connectivity index (χ4v) is 2.71. The van der Waals surface area contributed by atoms with E-state index in [1.54, 1.807) is 17.8 Å². The highest BCUT2D eigenvalue weighted by Gasteiger charge is 2.09. The third-order valence-corrected chi connectivity index (χ3v) is 3.80. The Kier molecular flexibility index (Phi) is 4.63. The van der Waals surface area contributed by atoms with Gasteiger partial charge in [0.15, 0.2) is 0 Å². The van der Waals surface area contributed by atoms with Crippen molar-refractivity contribution in [1.82, 2.24) is 0 Å². The molecule has 0 fully saturated rings. The van der Waals surface area contributed by atoms with Crippen molar-refractivity contribution >= 4 is 21.9 Å². The van der Waals surface area contributed by atoms with Gasteiger partial charge in [0.25, 0.3) is 10.1 Å². The average molecular weight is 246 g/mol. The minimum absolute atomic E-state index is 0.0380. The number of thioether (sulfide) groups is 1. The van der Waals surface area contributed by atoms with Crippen LogP contribution in [-0.4, -0.2) is 18.7 Å². The standard InChI is InChI=1S/C10H14O3S2/c1-2-3-7-14-9-5-4-6-10(8-9)15(11,12)13/h4-6,8H,2-3,7H2,1H3,(H,11,12,13). The molecule has 0 aromatic heterocycles. The maximum atomic E-state index is 10.9. The van der Waals surface area contributed by atoms with E-state index in [4.69, 9.17) is 4.55 Å². The lowest BCUT2D eigenvalue weighted by Crippen LogP contribution is -1.97. The van der Waals surface area contributed by atoms with Crippen molar-refractivity contribution < 1.29 is 13.0 Å². The summed E-state index contributed by atoms with van der Waals surface area (Å²) in [6.45, 7) is 2.11. The molecule has 1 aromatic rings. The minimum atomic E-state index is -4.07. The molecule has 5 heteroatoms. The highest BCUT2D eigenvalue weighted by Crippen LogP contribution is 2.22. The number of unbranched alkanes of at least 4 members (excludes halogenated alkanes) is 1. The maximum Gasteiger partial charge on any atom is 0.294 e. The van der Waals surface area contributed by atoms with E-state index in [0.29, 0.717) is 0 Å². The molecule has 15 heavy (non-hydrogen) atoms. The maximum absolute atomic E-state index is 10.9. The molecular formula is C10H14O3S2. The van der Waals surface area contributed by atoms with Crippen LogP contribution in [0.2, 0.25) is 0 Å². The predicted molar refractivity (Wildman–Crippen MR) is 61.9 cm³/mol. The summed E-state index contributed by atoms with van der Waals surface area (Å²) in [5.74, 6) is 0.964. The first-order valence-electron chi connectivity index (χ1n) is 4.74. The second-order valence-corrected chi connectivity index (χ2v) is 5.74. The molecule has 0 aliphatic rings. The number of hydrogen-bond acceptors (Lipinski definition) is 3. The van der Waals surface area contributed by atoms with E-state index >= 15 is 0 Å². The van der Waals surface area contributed by atoms with E-state index < -0.39 is 10.1 Å². The molecule has 0 aliphatic heterocycles. The molecule has 0 unspecified atom stereocenters. The molecule has 0 heterocycles. The van der Waals surface area contributed by atoms with Gasteiger partial charge in [0.1, 0.15) is 0 Å². The fourth-order valence-electron chi connectivity index (χ4n) is 1.06. The molecule has 1 aromatic carbocycles. The summed E-state index contributed by atoms with van der Waals surface area (Å²) in [5, 5.41) is 0. The highest BCUT2D eigenvalue weighted by molar-refractivity contribution is 7.99. The molecule has 0 spiro atoms. The van der Waals surface area contributed by atoms with Gasteiger partial charge in [-0.15, -0.1) is 11.8 Å². The highest BCUT2D eigenvalue weighted by atomic mass is 32.2. The van der Waals surface area contributed by atoms with Crippen LogP contribution in [0, 0.1) is 0 Å². The number of benzene rings is 1. The van der Waals surface area contributed by atoms with Crippen molar-refractivity contribution in [2.24, 2.45) is 0 Å². The summed E-state index contributed by atoms with van der Waals surface area (Å²) in [5.41, 5.74) is 0. The third kappa shape index (κ3) is 4.24. The summed E-state index contributed by atoms with van der Waals surface area (Å²) < 4.78 is 30.6. The molecule has 3 nitrogen and oxygen atoms in total. The fraction of sp³-hybridized carbons (Fsp3) is 0.400. The monoisotopic (exact) mass is 246 g/mol. The van der Waals surface area contributed by atoms with Gasteiger partial charge >= 0.3 is 0 Å². The molecule has 1 N–H and O–H groups in total. The van der Waals surface area contributed by atoms with Crippen LogP contribution in [0.5, 0.6) is 0 Å². The van der Waals surface area contributed by atoms with Gasteiger partial charge in [0.05, 0.1) is 4.90 Å². The predicted octanol–water partition coefficient (Wildman–Crippen LogP) is 2.83. The summed E-state index contributed by atoms with van der Waals surface area (Å²) in [6.07, 6.45) is 2.21. The molecule has 0 bridgehead atoms. The topological polar surface area (TPSA) is 54.4 Å². The quantitative estimate of drug-likeness (QED) is 0.493. The zero-order valence-corrected chi connectivity index (χ0v) is 10.1. The Labute approximate surface area is 94.6 Å². The van der Waals surface area contributed by atoms with E-state index in [1.807, 2.05) is 6.07 Å². The first-order valence-corrected chi connectivity index (χ1v) is 7.17. The average Bonchev–Trinajstić information content (AvgIpc) is 2.17. The van der Waals surface area contributed by atoms with E-state index in [9.17, 15) is 8.42 Å².